The number of rotatable bonds is 3. The fraction of sp³-hybridized carbons (Fsp3) is 0.222. The standard InChI is InChI=1S/C9H9N3O3/c1-15-8(13)5-12-7-2-3-11-9(14)6(7)4-10/h2-3H,5H2,1H3,(H2,11,12,14). The molecule has 0 unspecified atom stereocenters. The Morgan fingerprint density at radius 1 is 1.73 bits per heavy atom. The van der Waals surface area contributed by atoms with Gasteiger partial charge in [-0.25, -0.2) is 0 Å². The molecule has 0 saturated heterocycles. The lowest BCUT2D eigenvalue weighted by Gasteiger charge is -2.05. The molecule has 1 aromatic rings. The number of nitriles is 1. The van der Waals surface area contributed by atoms with E-state index in [0.29, 0.717) is 5.69 Å². The molecular weight excluding hydrogens is 198 g/mol. The van der Waals surface area contributed by atoms with Gasteiger partial charge in [-0.3, -0.25) is 9.59 Å². The van der Waals surface area contributed by atoms with Crippen LogP contribution in [-0.2, 0) is 9.53 Å². The molecule has 0 aliphatic heterocycles. The maximum Gasteiger partial charge on any atom is 0.325 e. The molecule has 0 amide bonds. The Kier molecular flexibility index (Phi) is 3.46. The van der Waals surface area contributed by atoms with E-state index in [2.05, 4.69) is 15.0 Å². The second-order valence-corrected chi connectivity index (χ2v) is 2.64. The minimum Gasteiger partial charge on any atom is -0.468 e. The third-order valence-electron chi connectivity index (χ3n) is 1.72. The SMILES string of the molecule is COC(=O)CNc1cc[nH]c(=O)c1C#N. The number of carbonyl (C=O) groups excluding carboxylic acids is 1. The molecule has 1 heterocycles. The van der Waals surface area contributed by atoms with Crippen LogP contribution in [0.5, 0.6) is 0 Å². The summed E-state index contributed by atoms with van der Waals surface area (Å²) in [4.78, 5) is 24.3. The Balaban J connectivity index is 2.87. The molecule has 0 aliphatic rings. The lowest BCUT2D eigenvalue weighted by atomic mass is 10.2. The quantitative estimate of drug-likeness (QED) is 0.671. The zero-order valence-electron chi connectivity index (χ0n) is 8.03. The lowest BCUT2D eigenvalue weighted by molar-refractivity contribution is -0.138. The molecule has 0 aliphatic carbocycles. The van der Waals surface area contributed by atoms with Crippen molar-refractivity contribution in [2.75, 3.05) is 19.0 Å². The molecule has 0 radical (unpaired) electrons. The number of ether oxygens (including phenoxy) is 1. The van der Waals surface area contributed by atoms with Gasteiger partial charge >= 0.3 is 5.97 Å². The Morgan fingerprint density at radius 3 is 3.07 bits per heavy atom. The summed E-state index contributed by atoms with van der Waals surface area (Å²) in [5.41, 5.74) is -0.236. The predicted molar refractivity (Wildman–Crippen MR) is 52.3 cm³/mol. The summed E-state index contributed by atoms with van der Waals surface area (Å²) in [7, 11) is 1.26. The summed E-state index contributed by atoms with van der Waals surface area (Å²) >= 11 is 0. The van der Waals surface area contributed by atoms with Crippen molar-refractivity contribution in [2.24, 2.45) is 0 Å². The molecule has 78 valence electrons. The highest BCUT2D eigenvalue weighted by Crippen LogP contribution is 2.07. The van der Waals surface area contributed by atoms with E-state index >= 15 is 0 Å². The molecule has 0 atom stereocenters. The Morgan fingerprint density at radius 2 is 2.47 bits per heavy atom. The smallest absolute Gasteiger partial charge is 0.325 e. The second-order valence-electron chi connectivity index (χ2n) is 2.64. The first-order valence-corrected chi connectivity index (χ1v) is 4.11. The van der Waals surface area contributed by atoms with Crippen LogP contribution in [0.4, 0.5) is 5.69 Å². The highest BCUT2D eigenvalue weighted by Gasteiger charge is 2.07. The number of H-pyrrole nitrogens is 1. The molecule has 1 rings (SSSR count). The van der Waals surface area contributed by atoms with E-state index in [0.717, 1.165) is 0 Å². The average Bonchev–Trinajstić information content (AvgIpc) is 2.25. The summed E-state index contributed by atoms with van der Waals surface area (Å²) < 4.78 is 4.41. The van der Waals surface area contributed by atoms with Crippen LogP contribution in [0.25, 0.3) is 0 Å². The van der Waals surface area contributed by atoms with Gasteiger partial charge < -0.3 is 15.0 Å². The van der Waals surface area contributed by atoms with Crippen LogP contribution in [-0.4, -0.2) is 24.6 Å². The molecule has 0 aromatic carbocycles. The molecule has 0 saturated carbocycles. The number of esters is 1. The van der Waals surface area contributed by atoms with Crippen molar-refractivity contribution >= 4 is 11.7 Å². The van der Waals surface area contributed by atoms with Crippen molar-refractivity contribution in [1.82, 2.24) is 4.98 Å². The Labute approximate surface area is 85.5 Å². The zero-order valence-corrected chi connectivity index (χ0v) is 8.03. The summed E-state index contributed by atoms with van der Waals surface area (Å²) in [5.74, 6) is -0.473. The van der Waals surface area contributed by atoms with E-state index in [1.54, 1.807) is 6.07 Å². The molecule has 6 nitrogen and oxygen atoms in total. The molecule has 6 heteroatoms. The van der Waals surface area contributed by atoms with Gasteiger partial charge in [-0.15, -0.1) is 0 Å². The predicted octanol–water partition coefficient (Wildman–Crippen LogP) is -0.169. The molecule has 1 aromatic heterocycles. The molecule has 0 spiro atoms. The summed E-state index contributed by atoms with van der Waals surface area (Å²) in [6.45, 7) is -0.0887. The third kappa shape index (κ3) is 2.57. The number of carbonyl (C=O) groups is 1. The van der Waals surface area contributed by atoms with Crippen LogP contribution in [0.15, 0.2) is 17.1 Å². The molecule has 2 N–H and O–H groups in total. The second kappa shape index (κ2) is 4.81. The minimum absolute atomic E-state index is 0.0543. The van der Waals surface area contributed by atoms with E-state index in [-0.39, 0.29) is 12.1 Å². The van der Waals surface area contributed by atoms with Crippen molar-refractivity contribution in [3.05, 3.63) is 28.2 Å². The maximum atomic E-state index is 11.2. The fourth-order valence-corrected chi connectivity index (χ4v) is 0.976. The van der Waals surface area contributed by atoms with E-state index in [4.69, 9.17) is 5.26 Å². The number of pyridine rings is 1. The fourth-order valence-electron chi connectivity index (χ4n) is 0.976. The first-order chi connectivity index (χ1) is 7.19. The first-order valence-electron chi connectivity index (χ1n) is 4.11. The van der Waals surface area contributed by atoms with E-state index < -0.39 is 11.5 Å². The number of aromatic amines is 1. The van der Waals surface area contributed by atoms with Gasteiger partial charge in [-0.2, -0.15) is 5.26 Å². The van der Waals surface area contributed by atoms with E-state index in [1.807, 2.05) is 0 Å². The average molecular weight is 207 g/mol. The van der Waals surface area contributed by atoms with Crippen LogP contribution in [0, 0.1) is 11.3 Å². The minimum atomic E-state index is -0.493. The largest absolute Gasteiger partial charge is 0.468 e. The lowest BCUT2D eigenvalue weighted by Crippen LogP contribution is -2.18. The summed E-state index contributed by atoms with van der Waals surface area (Å²) in [6, 6.07) is 3.25. The van der Waals surface area contributed by atoms with Gasteiger partial charge in [0, 0.05) is 6.20 Å². The van der Waals surface area contributed by atoms with Gasteiger partial charge in [0.15, 0.2) is 0 Å². The first kappa shape index (κ1) is 10.8. The van der Waals surface area contributed by atoms with Gasteiger partial charge in [0.1, 0.15) is 18.2 Å². The molecule has 0 bridgehead atoms. The van der Waals surface area contributed by atoms with Crippen molar-refractivity contribution in [3.63, 3.8) is 0 Å². The van der Waals surface area contributed by atoms with Crippen molar-refractivity contribution < 1.29 is 9.53 Å². The number of hydrogen-bond donors (Lipinski definition) is 2. The van der Waals surface area contributed by atoms with Gasteiger partial charge in [0.2, 0.25) is 0 Å². The topological polar surface area (TPSA) is 95.0 Å². The summed E-state index contributed by atoms with van der Waals surface area (Å²) in [6.07, 6.45) is 1.39. The van der Waals surface area contributed by atoms with Crippen LogP contribution < -0.4 is 10.9 Å². The number of hydrogen-bond acceptors (Lipinski definition) is 5. The molecule has 0 fully saturated rings. The van der Waals surface area contributed by atoms with Crippen molar-refractivity contribution in [2.45, 2.75) is 0 Å². The zero-order chi connectivity index (χ0) is 11.3. The summed E-state index contributed by atoms with van der Waals surface area (Å²) in [5, 5.41) is 11.3. The monoisotopic (exact) mass is 207 g/mol. The number of aromatic nitrogens is 1. The third-order valence-corrected chi connectivity index (χ3v) is 1.72. The van der Waals surface area contributed by atoms with Gasteiger partial charge in [0.25, 0.3) is 5.56 Å². The van der Waals surface area contributed by atoms with Crippen LogP contribution in [0.3, 0.4) is 0 Å². The highest BCUT2D eigenvalue weighted by atomic mass is 16.5. The Bertz CT molecular complexity index is 458. The number of methoxy groups -OCH3 is 1. The maximum absolute atomic E-state index is 11.2. The van der Waals surface area contributed by atoms with Crippen LogP contribution >= 0.6 is 0 Å². The van der Waals surface area contributed by atoms with Gasteiger partial charge in [-0.05, 0) is 6.07 Å². The molecule has 15 heavy (non-hydrogen) atoms. The van der Waals surface area contributed by atoms with Crippen LogP contribution in [0.1, 0.15) is 5.56 Å². The van der Waals surface area contributed by atoms with E-state index in [9.17, 15) is 9.59 Å². The normalized spacial score (nSPS) is 9.07. The number of nitrogens with one attached hydrogen (secondary N) is 2. The van der Waals surface area contributed by atoms with Gasteiger partial charge in [-0.1, -0.05) is 0 Å². The van der Waals surface area contributed by atoms with E-state index in [1.165, 1.54) is 19.4 Å². The van der Waals surface area contributed by atoms with Crippen molar-refractivity contribution in [3.8, 4) is 6.07 Å². The van der Waals surface area contributed by atoms with Crippen molar-refractivity contribution in [1.29, 1.82) is 5.26 Å². The number of anilines is 1. The van der Waals surface area contributed by atoms with Crippen LogP contribution in [0.2, 0.25) is 0 Å². The van der Waals surface area contributed by atoms with Gasteiger partial charge in [0.05, 0.1) is 12.8 Å². The number of nitrogens with zero attached hydrogens (tertiary/aromatic N) is 1. The Hall–Kier alpha value is -2.29. The molecular formula is C9H9N3O3. The highest BCUT2D eigenvalue weighted by molar-refractivity contribution is 5.75.